The van der Waals surface area contributed by atoms with Crippen LogP contribution in [0.5, 0.6) is 0 Å². The van der Waals surface area contributed by atoms with Crippen molar-refractivity contribution < 1.29 is 23.3 Å². The van der Waals surface area contributed by atoms with Crippen LogP contribution >= 0.6 is 46.4 Å². The van der Waals surface area contributed by atoms with E-state index < -0.39 is 22.5 Å². The molecule has 8 aromatic rings. The number of amides is 2. The summed E-state index contributed by atoms with van der Waals surface area (Å²) in [5.74, 6) is -1.45. The zero-order chi connectivity index (χ0) is 40.4. The molecule has 2 amide bonds. The van der Waals surface area contributed by atoms with Crippen LogP contribution < -0.4 is 10.6 Å². The van der Waals surface area contributed by atoms with Crippen molar-refractivity contribution in [3.05, 3.63) is 168 Å². The Bertz CT molecular complexity index is 2810. The van der Waals surface area contributed by atoms with Gasteiger partial charge >= 0.3 is 0 Å². The highest BCUT2D eigenvalue weighted by Gasteiger charge is 2.17. The SMILES string of the molecule is O=C(Nc1cc(F)cc(F)c1)c1ccc2nc(-c3c(Cl)cccc3Cl)[nH]c2c1.O=C(Nc1ccc([N+](=O)[O-])cc1)c1ccc2nc(-c3c(Cl)cccc3Cl)[nH]c2c1. The Morgan fingerprint density at radius 3 is 1.42 bits per heavy atom. The number of aromatic amines is 2. The monoisotopic (exact) mass is 843 g/mol. The summed E-state index contributed by atoms with van der Waals surface area (Å²) >= 11 is 24.9. The lowest BCUT2D eigenvalue weighted by Gasteiger charge is -2.05. The number of imidazole rings is 2. The molecule has 0 unspecified atom stereocenters. The number of carbonyl (C=O) groups is 2. The molecular weight excluding hydrogens is 822 g/mol. The van der Waals surface area contributed by atoms with Gasteiger partial charge in [-0.3, -0.25) is 19.7 Å². The fourth-order valence-electron chi connectivity index (χ4n) is 5.69. The molecule has 0 aliphatic rings. The van der Waals surface area contributed by atoms with Crippen LogP contribution in [0.3, 0.4) is 0 Å². The van der Waals surface area contributed by atoms with Gasteiger partial charge in [-0.05, 0) is 84.9 Å². The van der Waals surface area contributed by atoms with Gasteiger partial charge in [0.05, 0.1) is 58.2 Å². The van der Waals surface area contributed by atoms with Gasteiger partial charge < -0.3 is 20.6 Å². The van der Waals surface area contributed by atoms with Crippen molar-refractivity contribution in [2.45, 2.75) is 0 Å². The lowest BCUT2D eigenvalue weighted by Crippen LogP contribution is -2.12. The van der Waals surface area contributed by atoms with Crippen molar-refractivity contribution in [2.75, 3.05) is 10.6 Å². The second-order valence-corrected chi connectivity index (χ2v) is 13.8. The molecule has 57 heavy (non-hydrogen) atoms. The van der Waals surface area contributed by atoms with Crippen LogP contribution in [0.4, 0.5) is 25.8 Å². The van der Waals surface area contributed by atoms with E-state index in [0.717, 1.165) is 18.2 Å². The Kier molecular flexibility index (Phi) is 11.2. The van der Waals surface area contributed by atoms with Gasteiger partial charge in [0.15, 0.2) is 0 Å². The molecule has 4 N–H and O–H groups in total. The number of nitro benzene ring substituents is 1. The predicted octanol–water partition coefficient (Wildman–Crippen LogP) is 11.8. The number of hydrogen-bond donors (Lipinski definition) is 4. The number of benzene rings is 6. The van der Waals surface area contributed by atoms with Crippen LogP contribution in [-0.4, -0.2) is 36.7 Å². The lowest BCUT2D eigenvalue weighted by atomic mass is 10.2. The van der Waals surface area contributed by atoms with Crippen LogP contribution in [0, 0.1) is 21.7 Å². The summed E-state index contributed by atoms with van der Waals surface area (Å²) in [5.41, 5.74) is 4.76. The van der Waals surface area contributed by atoms with E-state index in [9.17, 15) is 28.5 Å². The Labute approximate surface area is 340 Å². The highest BCUT2D eigenvalue weighted by atomic mass is 35.5. The first-order valence-corrected chi connectivity index (χ1v) is 18.1. The van der Waals surface area contributed by atoms with Crippen LogP contribution in [-0.2, 0) is 0 Å². The van der Waals surface area contributed by atoms with Crippen molar-refractivity contribution in [1.29, 1.82) is 0 Å². The molecule has 0 spiro atoms. The fourth-order valence-corrected chi connectivity index (χ4v) is 6.84. The lowest BCUT2D eigenvalue weighted by molar-refractivity contribution is -0.384. The molecule has 2 heterocycles. The topological polar surface area (TPSA) is 159 Å². The predicted molar refractivity (Wildman–Crippen MR) is 218 cm³/mol. The maximum Gasteiger partial charge on any atom is 0.269 e. The highest BCUT2D eigenvalue weighted by molar-refractivity contribution is 6.39. The molecule has 0 aliphatic heterocycles. The summed E-state index contributed by atoms with van der Waals surface area (Å²) in [6.07, 6.45) is 0. The van der Waals surface area contributed by atoms with E-state index in [2.05, 4.69) is 30.6 Å². The third kappa shape index (κ3) is 8.72. The first kappa shape index (κ1) is 38.9. The number of H-pyrrole nitrogens is 2. The van der Waals surface area contributed by atoms with Gasteiger partial charge in [-0.1, -0.05) is 58.5 Å². The highest BCUT2D eigenvalue weighted by Crippen LogP contribution is 2.35. The van der Waals surface area contributed by atoms with E-state index in [-0.39, 0.29) is 22.8 Å². The summed E-state index contributed by atoms with van der Waals surface area (Å²) < 4.78 is 26.6. The number of nitrogens with one attached hydrogen (secondary N) is 4. The second-order valence-electron chi connectivity index (χ2n) is 12.2. The van der Waals surface area contributed by atoms with Crippen molar-refractivity contribution in [3.63, 3.8) is 0 Å². The van der Waals surface area contributed by atoms with E-state index in [0.29, 0.717) is 76.2 Å². The largest absolute Gasteiger partial charge is 0.338 e. The minimum absolute atomic E-state index is 0.0238. The summed E-state index contributed by atoms with van der Waals surface area (Å²) in [7, 11) is 0. The molecule has 6 aromatic carbocycles. The average Bonchev–Trinajstić information content (AvgIpc) is 3.78. The van der Waals surface area contributed by atoms with Gasteiger partial charge in [0.2, 0.25) is 0 Å². The minimum atomic E-state index is -0.777. The van der Waals surface area contributed by atoms with Crippen molar-refractivity contribution in [3.8, 4) is 22.8 Å². The molecule has 0 bridgehead atoms. The first-order valence-electron chi connectivity index (χ1n) is 16.5. The molecule has 8 rings (SSSR count). The number of nitrogens with zero attached hydrogens (tertiary/aromatic N) is 3. The van der Waals surface area contributed by atoms with Crippen LogP contribution in [0.2, 0.25) is 20.1 Å². The van der Waals surface area contributed by atoms with Crippen molar-refractivity contribution >= 4 is 97.3 Å². The third-order valence-electron chi connectivity index (χ3n) is 8.34. The number of anilines is 2. The van der Waals surface area contributed by atoms with E-state index in [1.165, 1.54) is 24.3 Å². The van der Waals surface area contributed by atoms with Crippen LogP contribution in [0.25, 0.3) is 44.8 Å². The Morgan fingerprint density at radius 1 is 0.579 bits per heavy atom. The Morgan fingerprint density at radius 2 is 1.00 bits per heavy atom. The van der Waals surface area contributed by atoms with Gasteiger partial charge in [0.1, 0.15) is 23.3 Å². The van der Waals surface area contributed by atoms with Gasteiger partial charge in [-0.15, -0.1) is 0 Å². The number of halogens is 6. The Balaban J connectivity index is 0.000000174. The Hall–Kier alpha value is -6.38. The number of nitro groups is 1. The van der Waals surface area contributed by atoms with Gasteiger partial charge in [0, 0.05) is 40.7 Å². The third-order valence-corrected chi connectivity index (χ3v) is 9.60. The number of rotatable bonds is 7. The number of carbonyl (C=O) groups excluding carboxylic acids is 2. The summed E-state index contributed by atoms with van der Waals surface area (Å²) in [6, 6.07) is 28.5. The van der Waals surface area contributed by atoms with E-state index in [1.807, 2.05) is 0 Å². The van der Waals surface area contributed by atoms with Gasteiger partial charge in [-0.25, -0.2) is 18.7 Å². The maximum atomic E-state index is 13.3. The smallest absolute Gasteiger partial charge is 0.269 e. The molecule has 17 heteroatoms. The number of fused-ring (bicyclic) bond motifs is 2. The van der Waals surface area contributed by atoms with E-state index in [1.54, 1.807) is 72.8 Å². The summed E-state index contributed by atoms with van der Waals surface area (Å²) in [6.45, 7) is 0. The molecular formula is C40H23Cl4F2N7O4. The van der Waals surface area contributed by atoms with E-state index >= 15 is 0 Å². The molecule has 0 atom stereocenters. The fraction of sp³-hybridized carbons (Fsp3) is 0. The molecule has 0 saturated carbocycles. The molecule has 0 saturated heterocycles. The normalized spacial score (nSPS) is 10.9. The van der Waals surface area contributed by atoms with Crippen molar-refractivity contribution in [1.82, 2.24) is 19.9 Å². The van der Waals surface area contributed by atoms with Gasteiger partial charge in [-0.2, -0.15) is 0 Å². The average molecular weight is 845 g/mol. The summed E-state index contributed by atoms with van der Waals surface area (Å²) in [5, 5.41) is 17.7. The second kappa shape index (κ2) is 16.4. The molecule has 0 fully saturated rings. The summed E-state index contributed by atoms with van der Waals surface area (Å²) in [4.78, 5) is 50.4. The quantitative estimate of drug-likeness (QED) is 0.0923. The number of hydrogen-bond acceptors (Lipinski definition) is 6. The molecule has 0 aliphatic carbocycles. The van der Waals surface area contributed by atoms with Crippen LogP contribution in [0.1, 0.15) is 20.7 Å². The zero-order valence-corrected chi connectivity index (χ0v) is 31.7. The molecule has 2 aromatic heterocycles. The molecule has 0 radical (unpaired) electrons. The first-order chi connectivity index (χ1) is 27.3. The zero-order valence-electron chi connectivity index (χ0n) is 28.7. The standard InChI is InChI=1S/C20H11Cl2F2N3O.C20H12Cl2N4O3/c21-14-2-1-3-15(22)18(14)19-26-16-5-4-10(6-17(16)27-19)20(28)25-13-8-11(23)7-12(24)9-13;21-14-2-1-3-15(22)18(14)19-24-16-9-4-11(10-17(16)25-19)20(27)23-12-5-7-13(8-6-12)26(28)29/h1-9H,(H,25,28)(H,26,27);1-10H,(H,23,27)(H,24,25). The van der Waals surface area contributed by atoms with Gasteiger partial charge in [0.25, 0.3) is 17.5 Å². The van der Waals surface area contributed by atoms with Crippen LogP contribution in [0.15, 0.2) is 115 Å². The van der Waals surface area contributed by atoms with E-state index in [4.69, 9.17) is 46.4 Å². The number of aromatic nitrogens is 4. The molecule has 284 valence electrons. The molecule has 11 nitrogen and oxygen atoms in total. The maximum absolute atomic E-state index is 13.3. The van der Waals surface area contributed by atoms with Crippen molar-refractivity contribution in [2.24, 2.45) is 0 Å². The number of non-ortho nitro benzene ring substituents is 1. The minimum Gasteiger partial charge on any atom is -0.338 e.